The fourth-order valence-electron chi connectivity index (χ4n) is 3.29. The second-order valence-corrected chi connectivity index (χ2v) is 7.10. The highest BCUT2D eigenvalue weighted by Gasteiger charge is 2.20. The zero-order valence-corrected chi connectivity index (χ0v) is 15.8. The van der Waals surface area contributed by atoms with Gasteiger partial charge in [-0.25, -0.2) is 0 Å². The molecule has 2 atom stereocenters. The predicted octanol–water partition coefficient (Wildman–Crippen LogP) is 5.89. The van der Waals surface area contributed by atoms with E-state index in [-0.39, 0.29) is 6.42 Å². The molecular weight excluding hydrogens is 304 g/mol. The summed E-state index contributed by atoms with van der Waals surface area (Å²) in [6, 6.07) is 0. The average molecular weight is 343 g/mol. The molecule has 0 aromatic carbocycles. The van der Waals surface area contributed by atoms with E-state index in [9.17, 15) is 9.59 Å². The molecule has 142 valence electrons. The molecule has 0 aliphatic carbocycles. The van der Waals surface area contributed by atoms with Crippen molar-refractivity contribution in [2.75, 3.05) is 0 Å². The van der Waals surface area contributed by atoms with Crippen LogP contribution < -0.4 is 0 Å². The molecular formula is C20H38O4. The lowest BCUT2D eigenvalue weighted by atomic mass is 9.92. The lowest BCUT2D eigenvalue weighted by Crippen LogP contribution is -2.17. The second kappa shape index (κ2) is 15.5. The van der Waals surface area contributed by atoms with E-state index < -0.39 is 17.9 Å². The lowest BCUT2D eigenvalue weighted by Gasteiger charge is -2.14. The lowest BCUT2D eigenvalue weighted by molar-refractivity contribution is -0.148. The highest BCUT2D eigenvalue weighted by Crippen LogP contribution is 2.21. The van der Waals surface area contributed by atoms with Gasteiger partial charge >= 0.3 is 11.9 Å². The summed E-state index contributed by atoms with van der Waals surface area (Å²) in [7, 11) is 0. The van der Waals surface area contributed by atoms with E-state index in [1.54, 1.807) is 0 Å². The molecule has 0 aromatic heterocycles. The third-order valence-electron chi connectivity index (χ3n) is 4.98. The van der Waals surface area contributed by atoms with E-state index in [0.29, 0.717) is 6.42 Å². The SMILES string of the molecule is CCCCCC(CC)CCCCCCCCC(CC(=O)O)C(=O)O. The number of rotatable bonds is 17. The van der Waals surface area contributed by atoms with Crippen LogP contribution in [0.25, 0.3) is 0 Å². The number of carboxylic acid groups (broad SMARTS) is 2. The second-order valence-electron chi connectivity index (χ2n) is 7.10. The Morgan fingerprint density at radius 3 is 1.71 bits per heavy atom. The summed E-state index contributed by atoms with van der Waals surface area (Å²) in [5.41, 5.74) is 0. The van der Waals surface area contributed by atoms with E-state index in [2.05, 4.69) is 13.8 Å². The standard InChI is InChI=1S/C20H38O4/c1-3-5-10-13-17(4-2)14-11-8-6-7-9-12-15-18(20(23)24)16-19(21)22/h17-18H,3-16H2,1-2H3,(H,21,22)(H,23,24). The third kappa shape index (κ3) is 13.4. The summed E-state index contributed by atoms with van der Waals surface area (Å²) in [5.74, 6) is -1.84. The zero-order valence-electron chi connectivity index (χ0n) is 15.8. The first-order valence-electron chi connectivity index (χ1n) is 9.95. The van der Waals surface area contributed by atoms with Crippen LogP contribution in [0.2, 0.25) is 0 Å². The smallest absolute Gasteiger partial charge is 0.307 e. The summed E-state index contributed by atoms with van der Waals surface area (Å²) < 4.78 is 0. The van der Waals surface area contributed by atoms with Gasteiger partial charge in [-0.3, -0.25) is 9.59 Å². The molecule has 0 saturated heterocycles. The van der Waals surface area contributed by atoms with Crippen LogP contribution in [0.3, 0.4) is 0 Å². The highest BCUT2D eigenvalue weighted by molar-refractivity contribution is 5.77. The Bertz CT molecular complexity index is 328. The van der Waals surface area contributed by atoms with Crippen LogP contribution in [0.15, 0.2) is 0 Å². The molecule has 4 nitrogen and oxygen atoms in total. The molecule has 24 heavy (non-hydrogen) atoms. The van der Waals surface area contributed by atoms with Crippen molar-refractivity contribution in [3.63, 3.8) is 0 Å². The van der Waals surface area contributed by atoms with Gasteiger partial charge in [0.25, 0.3) is 0 Å². The van der Waals surface area contributed by atoms with Crippen molar-refractivity contribution in [1.82, 2.24) is 0 Å². The van der Waals surface area contributed by atoms with Gasteiger partial charge in [0.15, 0.2) is 0 Å². The van der Waals surface area contributed by atoms with Gasteiger partial charge in [-0.15, -0.1) is 0 Å². The van der Waals surface area contributed by atoms with Gasteiger partial charge in [-0.05, 0) is 12.3 Å². The fourth-order valence-corrected chi connectivity index (χ4v) is 3.29. The van der Waals surface area contributed by atoms with Crippen LogP contribution in [0.4, 0.5) is 0 Å². The summed E-state index contributed by atoms with van der Waals surface area (Å²) in [4.78, 5) is 21.6. The molecule has 0 saturated carbocycles. The highest BCUT2D eigenvalue weighted by atomic mass is 16.4. The molecule has 2 N–H and O–H groups in total. The normalized spacial score (nSPS) is 13.6. The Balaban J connectivity index is 3.58. The molecule has 0 aliphatic heterocycles. The first kappa shape index (κ1) is 22.9. The van der Waals surface area contributed by atoms with Crippen molar-refractivity contribution in [3.8, 4) is 0 Å². The van der Waals surface area contributed by atoms with Crippen LogP contribution in [0.5, 0.6) is 0 Å². The largest absolute Gasteiger partial charge is 0.481 e. The van der Waals surface area contributed by atoms with Crippen molar-refractivity contribution < 1.29 is 19.8 Å². The molecule has 0 spiro atoms. The van der Waals surface area contributed by atoms with Crippen molar-refractivity contribution in [1.29, 1.82) is 0 Å². The van der Waals surface area contributed by atoms with Crippen molar-refractivity contribution in [3.05, 3.63) is 0 Å². The molecule has 0 aliphatic rings. The Labute approximate surface area is 148 Å². The van der Waals surface area contributed by atoms with Crippen LogP contribution in [-0.4, -0.2) is 22.2 Å². The fraction of sp³-hybridized carbons (Fsp3) is 0.900. The Morgan fingerprint density at radius 2 is 1.25 bits per heavy atom. The van der Waals surface area contributed by atoms with Crippen LogP contribution in [0.1, 0.15) is 104 Å². The van der Waals surface area contributed by atoms with Crippen molar-refractivity contribution in [2.45, 2.75) is 104 Å². The molecule has 2 unspecified atom stereocenters. The summed E-state index contributed by atoms with van der Waals surface area (Å²) >= 11 is 0. The van der Waals surface area contributed by atoms with Gasteiger partial charge in [0.2, 0.25) is 0 Å². The quantitative estimate of drug-likeness (QED) is 0.323. The molecule has 4 heteroatoms. The number of unbranched alkanes of at least 4 members (excludes halogenated alkanes) is 7. The maximum Gasteiger partial charge on any atom is 0.307 e. The maximum absolute atomic E-state index is 11.0. The number of aliphatic carboxylic acids is 2. The predicted molar refractivity (Wildman–Crippen MR) is 98.2 cm³/mol. The average Bonchev–Trinajstić information content (AvgIpc) is 2.53. The van der Waals surface area contributed by atoms with Gasteiger partial charge in [0, 0.05) is 0 Å². The molecule has 0 aromatic rings. The Kier molecular flexibility index (Phi) is 14.8. The summed E-state index contributed by atoms with van der Waals surface area (Å²) in [6.45, 7) is 4.55. The minimum absolute atomic E-state index is 0.258. The Morgan fingerprint density at radius 1 is 0.750 bits per heavy atom. The van der Waals surface area contributed by atoms with E-state index in [1.807, 2.05) is 0 Å². The zero-order chi connectivity index (χ0) is 18.2. The van der Waals surface area contributed by atoms with E-state index in [1.165, 1.54) is 57.8 Å². The van der Waals surface area contributed by atoms with Crippen LogP contribution in [-0.2, 0) is 9.59 Å². The Hall–Kier alpha value is -1.06. The summed E-state index contributed by atoms with van der Waals surface area (Å²) in [6.07, 6.45) is 15.0. The maximum atomic E-state index is 11.0. The molecule has 0 radical (unpaired) electrons. The number of hydrogen-bond acceptors (Lipinski definition) is 2. The van der Waals surface area contributed by atoms with E-state index in [0.717, 1.165) is 25.2 Å². The minimum Gasteiger partial charge on any atom is -0.481 e. The van der Waals surface area contributed by atoms with E-state index >= 15 is 0 Å². The van der Waals surface area contributed by atoms with Crippen LogP contribution in [0, 0.1) is 11.8 Å². The minimum atomic E-state index is -1.02. The molecule has 0 fully saturated rings. The number of hydrogen-bond donors (Lipinski definition) is 2. The first-order valence-corrected chi connectivity index (χ1v) is 9.95. The monoisotopic (exact) mass is 342 g/mol. The molecule has 0 amide bonds. The molecule has 0 bridgehead atoms. The van der Waals surface area contributed by atoms with E-state index in [4.69, 9.17) is 10.2 Å². The van der Waals surface area contributed by atoms with Gasteiger partial charge in [-0.2, -0.15) is 0 Å². The van der Waals surface area contributed by atoms with Gasteiger partial charge in [0.1, 0.15) is 0 Å². The van der Waals surface area contributed by atoms with Crippen molar-refractivity contribution >= 4 is 11.9 Å². The number of carboxylic acids is 2. The van der Waals surface area contributed by atoms with Gasteiger partial charge < -0.3 is 10.2 Å². The van der Waals surface area contributed by atoms with Gasteiger partial charge in [0.05, 0.1) is 12.3 Å². The molecule has 0 heterocycles. The topological polar surface area (TPSA) is 74.6 Å². The third-order valence-corrected chi connectivity index (χ3v) is 4.98. The number of carbonyl (C=O) groups is 2. The first-order chi connectivity index (χ1) is 11.5. The summed E-state index contributed by atoms with van der Waals surface area (Å²) in [5, 5.41) is 17.7. The van der Waals surface area contributed by atoms with Crippen LogP contribution >= 0.6 is 0 Å². The van der Waals surface area contributed by atoms with Crippen molar-refractivity contribution in [2.24, 2.45) is 11.8 Å². The van der Waals surface area contributed by atoms with Gasteiger partial charge in [-0.1, -0.05) is 90.9 Å². The molecule has 0 rings (SSSR count).